The molecular weight excluding hydrogens is 382 g/mol. The van der Waals surface area contributed by atoms with Gasteiger partial charge in [-0.15, -0.1) is 0 Å². The Bertz CT molecular complexity index is 919. The predicted molar refractivity (Wildman–Crippen MR) is 112 cm³/mol. The van der Waals surface area contributed by atoms with Crippen LogP contribution in [0.15, 0.2) is 46.8 Å². The van der Waals surface area contributed by atoms with Crippen LogP contribution in [0.25, 0.3) is 0 Å². The number of carbonyl (C=O) groups is 2. The minimum Gasteiger partial charge on any atom is -0.508 e. The van der Waals surface area contributed by atoms with Crippen molar-refractivity contribution in [2.45, 2.75) is 58.5 Å². The van der Waals surface area contributed by atoms with Crippen LogP contribution in [0.3, 0.4) is 0 Å². The lowest BCUT2D eigenvalue weighted by Gasteiger charge is -2.39. The summed E-state index contributed by atoms with van der Waals surface area (Å²) >= 11 is 0. The molecule has 1 aromatic rings. The zero-order valence-electron chi connectivity index (χ0n) is 17.8. The van der Waals surface area contributed by atoms with Gasteiger partial charge in [-0.2, -0.15) is 0 Å². The van der Waals surface area contributed by atoms with Crippen LogP contribution in [0.2, 0.25) is 0 Å². The number of hydrogen-bond acceptors (Lipinski definition) is 6. The Morgan fingerprint density at radius 3 is 2.67 bits per heavy atom. The molecule has 0 unspecified atom stereocenters. The SMILES string of the molecule is CC1=C(C(=O)OC[C@@H]2CCCO2)[C@@H](c2ccc(O)cc2)C2=C(CC(C)(C)CC2=O)N1. The molecule has 2 heterocycles. The van der Waals surface area contributed by atoms with Crippen LogP contribution in [0.5, 0.6) is 5.75 Å². The standard InChI is InChI=1S/C24H29NO5/c1-14-20(23(28)30-13-17-5-4-10-29-17)21(15-6-8-16(26)9-7-15)22-18(25-14)11-24(2,3)12-19(22)27/h6-9,17,21,25-26H,4-5,10-13H2,1-3H3/t17-,21+/m0/s1. The van der Waals surface area contributed by atoms with Gasteiger partial charge in [-0.05, 0) is 49.3 Å². The highest BCUT2D eigenvalue weighted by Crippen LogP contribution is 2.46. The Hall–Kier alpha value is -2.60. The number of hydrogen-bond donors (Lipinski definition) is 2. The Kier molecular flexibility index (Phi) is 5.45. The second-order valence-corrected chi connectivity index (χ2v) is 9.25. The molecule has 1 fully saturated rings. The number of Topliss-reactive ketones (excluding diaryl/α,β-unsaturated/α-hetero) is 1. The lowest BCUT2D eigenvalue weighted by Crippen LogP contribution is -2.39. The first-order valence-corrected chi connectivity index (χ1v) is 10.6. The van der Waals surface area contributed by atoms with E-state index in [9.17, 15) is 14.7 Å². The van der Waals surface area contributed by atoms with E-state index >= 15 is 0 Å². The van der Waals surface area contributed by atoms with Gasteiger partial charge in [0.2, 0.25) is 0 Å². The summed E-state index contributed by atoms with van der Waals surface area (Å²) in [5.74, 6) is -0.759. The number of ether oxygens (including phenoxy) is 2. The molecule has 2 atom stereocenters. The number of esters is 1. The zero-order chi connectivity index (χ0) is 21.5. The maximum Gasteiger partial charge on any atom is 0.336 e. The lowest BCUT2D eigenvalue weighted by molar-refractivity contribution is -0.142. The van der Waals surface area contributed by atoms with Gasteiger partial charge in [0.25, 0.3) is 0 Å². The fraction of sp³-hybridized carbons (Fsp3) is 0.500. The van der Waals surface area contributed by atoms with Crippen molar-refractivity contribution >= 4 is 11.8 Å². The van der Waals surface area contributed by atoms with Gasteiger partial charge in [0.05, 0.1) is 11.7 Å². The van der Waals surface area contributed by atoms with Crippen molar-refractivity contribution < 1.29 is 24.2 Å². The third-order valence-electron chi connectivity index (χ3n) is 6.11. The summed E-state index contributed by atoms with van der Waals surface area (Å²) in [6.07, 6.45) is 2.96. The number of phenolic OH excluding ortho intramolecular Hbond substituents is 1. The predicted octanol–water partition coefficient (Wildman–Crippen LogP) is 3.72. The quantitative estimate of drug-likeness (QED) is 0.735. The van der Waals surface area contributed by atoms with Gasteiger partial charge in [0.1, 0.15) is 12.4 Å². The number of benzene rings is 1. The minimum absolute atomic E-state index is 0.0451. The summed E-state index contributed by atoms with van der Waals surface area (Å²) in [6.45, 7) is 6.92. The van der Waals surface area contributed by atoms with Gasteiger partial charge in [-0.1, -0.05) is 26.0 Å². The molecule has 0 saturated carbocycles. The molecule has 1 saturated heterocycles. The summed E-state index contributed by atoms with van der Waals surface area (Å²) in [5.41, 5.74) is 3.32. The van der Waals surface area contributed by atoms with Crippen molar-refractivity contribution in [2.75, 3.05) is 13.2 Å². The second-order valence-electron chi connectivity index (χ2n) is 9.25. The molecule has 2 N–H and O–H groups in total. The van der Waals surface area contributed by atoms with Gasteiger partial charge < -0.3 is 19.9 Å². The monoisotopic (exact) mass is 411 g/mol. The van der Waals surface area contributed by atoms with E-state index in [2.05, 4.69) is 19.2 Å². The molecular formula is C24H29NO5. The van der Waals surface area contributed by atoms with Crippen LogP contribution in [0, 0.1) is 5.41 Å². The molecule has 2 aliphatic heterocycles. The maximum atomic E-state index is 13.2. The average Bonchev–Trinajstić information content (AvgIpc) is 3.18. The van der Waals surface area contributed by atoms with E-state index < -0.39 is 11.9 Å². The molecule has 1 aliphatic carbocycles. The van der Waals surface area contributed by atoms with E-state index in [0.29, 0.717) is 29.9 Å². The van der Waals surface area contributed by atoms with Crippen molar-refractivity contribution in [1.82, 2.24) is 5.32 Å². The summed E-state index contributed by atoms with van der Waals surface area (Å²) in [5, 5.41) is 13.1. The van der Waals surface area contributed by atoms with Crippen LogP contribution < -0.4 is 5.32 Å². The molecule has 3 aliphatic rings. The third kappa shape index (κ3) is 4.01. The number of carbonyl (C=O) groups excluding carboxylic acids is 2. The van der Waals surface area contributed by atoms with Crippen LogP contribution in [-0.2, 0) is 19.1 Å². The van der Waals surface area contributed by atoms with E-state index in [1.807, 2.05) is 6.92 Å². The molecule has 160 valence electrons. The molecule has 30 heavy (non-hydrogen) atoms. The van der Waals surface area contributed by atoms with E-state index in [-0.39, 0.29) is 29.7 Å². The van der Waals surface area contributed by atoms with Gasteiger partial charge in [0.15, 0.2) is 5.78 Å². The first-order valence-electron chi connectivity index (χ1n) is 10.6. The maximum absolute atomic E-state index is 13.2. The molecule has 1 aromatic carbocycles. The number of dihydropyridines is 1. The van der Waals surface area contributed by atoms with Crippen LogP contribution >= 0.6 is 0 Å². The highest BCUT2D eigenvalue weighted by molar-refractivity contribution is 6.04. The van der Waals surface area contributed by atoms with E-state index in [1.54, 1.807) is 24.3 Å². The molecule has 0 bridgehead atoms. The Labute approximate surface area is 176 Å². The summed E-state index contributed by atoms with van der Waals surface area (Å²) in [6, 6.07) is 6.70. The van der Waals surface area contributed by atoms with Crippen molar-refractivity contribution in [2.24, 2.45) is 5.41 Å². The third-order valence-corrected chi connectivity index (χ3v) is 6.11. The largest absolute Gasteiger partial charge is 0.508 e. The first-order chi connectivity index (χ1) is 14.2. The lowest BCUT2D eigenvalue weighted by atomic mass is 9.68. The zero-order valence-corrected chi connectivity index (χ0v) is 17.8. The fourth-order valence-electron chi connectivity index (χ4n) is 4.73. The van der Waals surface area contributed by atoms with E-state index in [1.165, 1.54) is 0 Å². The van der Waals surface area contributed by atoms with Gasteiger partial charge >= 0.3 is 5.97 Å². The summed E-state index contributed by atoms with van der Waals surface area (Å²) < 4.78 is 11.2. The molecule has 6 nitrogen and oxygen atoms in total. The second kappa shape index (κ2) is 7.91. The molecule has 0 amide bonds. The smallest absolute Gasteiger partial charge is 0.336 e. The molecule has 6 heteroatoms. The topological polar surface area (TPSA) is 84.9 Å². The van der Waals surface area contributed by atoms with Gasteiger partial charge in [0, 0.05) is 35.9 Å². The van der Waals surface area contributed by atoms with E-state index in [0.717, 1.165) is 30.5 Å². The number of phenols is 1. The summed E-state index contributed by atoms with van der Waals surface area (Å²) in [7, 11) is 0. The van der Waals surface area contributed by atoms with Crippen LogP contribution in [0.4, 0.5) is 0 Å². The van der Waals surface area contributed by atoms with E-state index in [4.69, 9.17) is 9.47 Å². The van der Waals surface area contributed by atoms with Crippen molar-refractivity contribution in [3.05, 3.63) is 52.4 Å². The van der Waals surface area contributed by atoms with Gasteiger partial charge in [-0.3, -0.25) is 4.79 Å². The summed E-state index contributed by atoms with van der Waals surface area (Å²) in [4.78, 5) is 26.4. The highest BCUT2D eigenvalue weighted by Gasteiger charge is 2.43. The van der Waals surface area contributed by atoms with Crippen LogP contribution in [0.1, 0.15) is 57.9 Å². The number of allylic oxidation sites excluding steroid dienone is 3. The van der Waals surface area contributed by atoms with Crippen molar-refractivity contribution in [1.29, 1.82) is 0 Å². The Morgan fingerprint density at radius 2 is 2.00 bits per heavy atom. The Morgan fingerprint density at radius 1 is 1.27 bits per heavy atom. The number of ketones is 1. The Balaban J connectivity index is 1.71. The number of aromatic hydroxyl groups is 1. The minimum atomic E-state index is -0.512. The number of rotatable bonds is 4. The fourth-order valence-corrected chi connectivity index (χ4v) is 4.73. The normalized spacial score (nSPS) is 25.8. The molecule has 0 spiro atoms. The number of nitrogens with one attached hydrogen (secondary N) is 1. The first kappa shape index (κ1) is 20.7. The van der Waals surface area contributed by atoms with Crippen molar-refractivity contribution in [3.8, 4) is 5.75 Å². The van der Waals surface area contributed by atoms with Crippen molar-refractivity contribution in [3.63, 3.8) is 0 Å². The van der Waals surface area contributed by atoms with Gasteiger partial charge in [-0.25, -0.2) is 4.79 Å². The molecule has 0 radical (unpaired) electrons. The highest BCUT2D eigenvalue weighted by atomic mass is 16.6. The molecule has 0 aromatic heterocycles. The molecule has 4 rings (SSSR count). The average molecular weight is 411 g/mol. The van der Waals surface area contributed by atoms with Crippen LogP contribution in [-0.4, -0.2) is 36.2 Å².